The maximum Gasteiger partial charge on any atom is 0.253 e. The van der Waals surface area contributed by atoms with E-state index >= 15 is 0 Å². The highest BCUT2D eigenvalue weighted by atomic mass is 16.2. The standard InChI is InChI=1S/C19H27N3O2/c1-13-8-14(2)10-16(9-13)19(24)21-6-3-4-15(11-21)18(23)22-7-5-17(20)12-22/h8-10,15,17H,3-7,11-12,20H2,1-2H3/t15?,17-/m1/s1. The number of rotatable bonds is 2. The Morgan fingerprint density at radius 3 is 2.33 bits per heavy atom. The van der Waals surface area contributed by atoms with Crippen molar-refractivity contribution in [1.82, 2.24) is 9.80 Å². The van der Waals surface area contributed by atoms with Crippen LogP contribution in [0.4, 0.5) is 0 Å². The summed E-state index contributed by atoms with van der Waals surface area (Å²) >= 11 is 0. The van der Waals surface area contributed by atoms with Crippen LogP contribution in [0.25, 0.3) is 0 Å². The first-order valence-electron chi connectivity index (χ1n) is 8.86. The van der Waals surface area contributed by atoms with E-state index in [1.54, 1.807) is 0 Å². The molecule has 5 nitrogen and oxygen atoms in total. The Bertz CT molecular complexity index is 623. The maximum absolute atomic E-state index is 12.8. The Balaban J connectivity index is 1.68. The number of nitrogens with zero attached hydrogens (tertiary/aromatic N) is 2. The smallest absolute Gasteiger partial charge is 0.253 e. The quantitative estimate of drug-likeness (QED) is 0.898. The summed E-state index contributed by atoms with van der Waals surface area (Å²) < 4.78 is 0. The van der Waals surface area contributed by atoms with Crippen molar-refractivity contribution in [3.63, 3.8) is 0 Å². The predicted octanol–water partition coefficient (Wildman–Crippen LogP) is 1.72. The molecule has 1 aromatic rings. The van der Waals surface area contributed by atoms with Gasteiger partial charge in [0.25, 0.3) is 5.91 Å². The number of hydrogen-bond acceptors (Lipinski definition) is 3. The van der Waals surface area contributed by atoms with E-state index in [0.717, 1.165) is 49.0 Å². The summed E-state index contributed by atoms with van der Waals surface area (Å²) in [5.74, 6) is 0.122. The molecular weight excluding hydrogens is 302 g/mol. The average Bonchev–Trinajstić information content (AvgIpc) is 2.99. The lowest BCUT2D eigenvalue weighted by Gasteiger charge is -2.34. The molecule has 2 amide bonds. The summed E-state index contributed by atoms with van der Waals surface area (Å²) in [4.78, 5) is 29.2. The summed E-state index contributed by atoms with van der Waals surface area (Å²) in [6, 6.07) is 6.03. The van der Waals surface area contributed by atoms with Gasteiger partial charge in [-0.1, -0.05) is 17.2 Å². The molecule has 2 N–H and O–H groups in total. The Morgan fingerprint density at radius 2 is 1.71 bits per heavy atom. The van der Waals surface area contributed by atoms with E-state index in [9.17, 15) is 9.59 Å². The third-order valence-electron chi connectivity index (χ3n) is 5.06. The first-order valence-corrected chi connectivity index (χ1v) is 8.86. The Hall–Kier alpha value is -1.88. The number of piperidine rings is 1. The molecule has 2 aliphatic rings. The summed E-state index contributed by atoms with van der Waals surface area (Å²) in [5, 5.41) is 0. The second-order valence-corrected chi connectivity index (χ2v) is 7.30. The predicted molar refractivity (Wildman–Crippen MR) is 93.7 cm³/mol. The molecule has 1 unspecified atom stereocenters. The van der Waals surface area contributed by atoms with E-state index in [4.69, 9.17) is 5.73 Å². The highest BCUT2D eigenvalue weighted by Crippen LogP contribution is 2.23. The normalized spacial score (nSPS) is 24.3. The summed E-state index contributed by atoms with van der Waals surface area (Å²) in [6.07, 6.45) is 2.62. The molecule has 0 aliphatic carbocycles. The second kappa shape index (κ2) is 6.93. The number of carbonyl (C=O) groups is 2. The van der Waals surface area contributed by atoms with E-state index in [0.29, 0.717) is 13.1 Å². The van der Waals surface area contributed by atoms with Crippen molar-refractivity contribution in [2.45, 2.75) is 39.2 Å². The van der Waals surface area contributed by atoms with Gasteiger partial charge in [0, 0.05) is 37.8 Å². The zero-order chi connectivity index (χ0) is 17.3. The number of amides is 2. The number of likely N-dealkylation sites (tertiary alicyclic amines) is 2. The molecule has 3 rings (SSSR count). The van der Waals surface area contributed by atoms with Crippen LogP contribution in [0, 0.1) is 19.8 Å². The highest BCUT2D eigenvalue weighted by molar-refractivity contribution is 5.95. The van der Waals surface area contributed by atoms with Crippen molar-refractivity contribution >= 4 is 11.8 Å². The lowest BCUT2D eigenvalue weighted by molar-refractivity contribution is -0.135. The molecule has 130 valence electrons. The van der Waals surface area contributed by atoms with Gasteiger partial charge >= 0.3 is 0 Å². The summed E-state index contributed by atoms with van der Waals surface area (Å²) in [5.41, 5.74) is 8.82. The number of nitrogens with two attached hydrogens (primary N) is 1. The van der Waals surface area contributed by atoms with Crippen LogP contribution in [0.3, 0.4) is 0 Å². The molecule has 0 radical (unpaired) electrons. The molecule has 0 aromatic heterocycles. The first kappa shape index (κ1) is 17.0. The lowest BCUT2D eigenvalue weighted by Crippen LogP contribution is -2.46. The number of carbonyl (C=O) groups excluding carboxylic acids is 2. The third kappa shape index (κ3) is 3.61. The van der Waals surface area contributed by atoms with E-state index in [1.165, 1.54) is 0 Å². The summed E-state index contributed by atoms with van der Waals surface area (Å²) in [6.45, 7) is 6.67. The zero-order valence-electron chi connectivity index (χ0n) is 14.6. The molecule has 0 saturated carbocycles. The van der Waals surface area contributed by atoms with Crippen molar-refractivity contribution < 1.29 is 9.59 Å². The van der Waals surface area contributed by atoms with Crippen LogP contribution < -0.4 is 5.73 Å². The van der Waals surface area contributed by atoms with Crippen LogP contribution >= 0.6 is 0 Å². The van der Waals surface area contributed by atoms with E-state index in [-0.39, 0.29) is 23.8 Å². The van der Waals surface area contributed by atoms with Crippen molar-refractivity contribution in [2.24, 2.45) is 11.7 Å². The molecule has 24 heavy (non-hydrogen) atoms. The Kier molecular flexibility index (Phi) is 4.90. The minimum atomic E-state index is -0.0843. The number of hydrogen-bond donors (Lipinski definition) is 1. The van der Waals surface area contributed by atoms with Gasteiger partial charge in [-0.25, -0.2) is 0 Å². The van der Waals surface area contributed by atoms with Crippen molar-refractivity contribution in [2.75, 3.05) is 26.2 Å². The maximum atomic E-state index is 12.8. The minimum absolute atomic E-state index is 0.0393. The van der Waals surface area contributed by atoms with Crippen LogP contribution in [0.2, 0.25) is 0 Å². The molecule has 2 aliphatic heterocycles. The molecule has 1 aromatic carbocycles. The van der Waals surface area contributed by atoms with Gasteiger partial charge in [-0.15, -0.1) is 0 Å². The third-order valence-corrected chi connectivity index (χ3v) is 5.06. The molecule has 0 spiro atoms. The Morgan fingerprint density at radius 1 is 1.00 bits per heavy atom. The van der Waals surface area contributed by atoms with Crippen molar-refractivity contribution in [1.29, 1.82) is 0 Å². The Labute approximate surface area is 143 Å². The van der Waals surface area contributed by atoms with Gasteiger partial charge in [-0.2, -0.15) is 0 Å². The van der Waals surface area contributed by atoms with Crippen molar-refractivity contribution in [3.8, 4) is 0 Å². The highest BCUT2D eigenvalue weighted by Gasteiger charge is 2.33. The second-order valence-electron chi connectivity index (χ2n) is 7.30. The fourth-order valence-electron chi connectivity index (χ4n) is 3.89. The average molecular weight is 329 g/mol. The van der Waals surface area contributed by atoms with Crippen molar-refractivity contribution in [3.05, 3.63) is 34.9 Å². The van der Waals surface area contributed by atoms with Crippen LogP contribution in [0.15, 0.2) is 18.2 Å². The molecule has 0 bridgehead atoms. The fraction of sp³-hybridized carbons (Fsp3) is 0.579. The van der Waals surface area contributed by atoms with Gasteiger partial charge < -0.3 is 15.5 Å². The van der Waals surface area contributed by atoms with E-state index in [2.05, 4.69) is 6.07 Å². The van der Waals surface area contributed by atoms with Gasteiger partial charge in [0.15, 0.2) is 0 Å². The van der Waals surface area contributed by atoms with Crippen LogP contribution in [-0.4, -0.2) is 53.8 Å². The largest absolute Gasteiger partial charge is 0.341 e. The summed E-state index contributed by atoms with van der Waals surface area (Å²) in [7, 11) is 0. The fourth-order valence-corrected chi connectivity index (χ4v) is 3.89. The van der Waals surface area contributed by atoms with Gasteiger partial charge in [0.1, 0.15) is 0 Å². The van der Waals surface area contributed by atoms with E-state index in [1.807, 2.05) is 35.8 Å². The molecule has 2 heterocycles. The first-order chi connectivity index (χ1) is 11.4. The van der Waals surface area contributed by atoms with Gasteiger partial charge in [0.05, 0.1) is 5.92 Å². The minimum Gasteiger partial charge on any atom is -0.341 e. The molecular formula is C19H27N3O2. The van der Waals surface area contributed by atoms with Crippen LogP contribution in [0.1, 0.15) is 40.7 Å². The molecule has 5 heteroatoms. The number of aryl methyl sites for hydroxylation is 2. The van der Waals surface area contributed by atoms with E-state index < -0.39 is 0 Å². The number of benzene rings is 1. The monoisotopic (exact) mass is 329 g/mol. The molecule has 2 fully saturated rings. The molecule has 2 saturated heterocycles. The lowest BCUT2D eigenvalue weighted by atomic mass is 9.95. The molecule has 2 atom stereocenters. The van der Waals surface area contributed by atoms with Gasteiger partial charge in [-0.3, -0.25) is 9.59 Å². The van der Waals surface area contributed by atoms with Gasteiger partial charge in [-0.05, 0) is 45.2 Å². The zero-order valence-corrected chi connectivity index (χ0v) is 14.6. The van der Waals surface area contributed by atoms with Gasteiger partial charge in [0.2, 0.25) is 5.91 Å². The topological polar surface area (TPSA) is 66.6 Å². The van der Waals surface area contributed by atoms with Crippen LogP contribution in [0.5, 0.6) is 0 Å². The SMILES string of the molecule is Cc1cc(C)cc(C(=O)N2CCCC(C(=O)N3CC[C@@H](N)C3)C2)c1. The van der Waals surface area contributed by atoms with Crippen LogP contribution in [-0.2, 0) is 4.79 Å².